The van der Waals surface area contributed by atoms with E-state index in [-0.39, 0.29) is 10.7 Å². The van der Waals surface area contributed by atoms with Crippen LogP contribution in [0.4, 0.5) is 5.69 Å². The molecule has 1 fully saturated rings. The fourth-order valence-corrected chi connectivity index (χ4v) is 3.63. The van der Waals surface area contributed by atoms with Crippen LogP contribution in [-0.2, 0) is 4.79 Å². The third-order valence-electron chi connectivity index (χ3n) is 3.47. The van der Waals surface area contributed by atoms with Gasteiger partial charge < -0.3 is 15.4 Å². The third-order valence-corrected chi connectivity index (χ3v) is 5.00. The largest absolute Gasteiger partial charge is 0.495 e. The lowest BCUT2D eigenvalue weighted by molar-refractivity contribution is -0.115. The van der Waals surface area contributed by atoms with Gasteiger partial charge in [0.2, 0.25) is 5.91 Å². The number of carbonyl (C=O) groups excluding carboxylic acids is 1. The lowest BCUT2D eigenvalue weighted by Gasteiger charge is -2.22. The summed E-state index contributed by atoms with van der Waals surface area (Å²) in [6.45, 7) is 3.46. The lowest BCUT2D eigenvalue weighted by atomic mass is 10.1. The molecule has 1 amide bonds. The molecule has 2 rings (SSSR count). The van der Waals surface area contributed by atoms with E-state index in [1.807, 2.05) is 36.0 Å². The zero-order valence-electron chi connectivity index (χ0n) is 12.1. The molecule has 5 heteroatoms. The molecule has 2 N–H and O–H groups in total. The molecule has 0 saturated carbocycles. The van der Waals surface area contributed by atoms with Crippen molar-refractivity contribution in [3.05, 3.63) is 24.3 Å². The summed E-state index contributed by atoms with van der Waals surface area (Å²) < 4.78 is 5.49. The van der Waals surface area contributed by atoms with Crippen molar-refractivity contribution in [2.75, 3.05) is 31.3 Å². The van der Waals surface area contributed by atoms with Crippen LogP contribution < -0.4 is 15.4 Å². The smallest absolute Gasteiger partial charge is 0.238 e. The van der Waals surface area contributed by atoms with E-state index in [1.165, 1.54) is 18.6 Å². The van der Waals surface area contributed by atoms with Gasteiger partial charge in [-0.2, -0.15) is 11.8 Å². The van der Waals surface area contributed by atoms with Crippen molar-refractivity contribution < 1.29 is 9.53 Å². The van der Waals surface area contributed by atoms with Crippen LogP contribution in [0.2, 0.25) is 0 Å². The molecule has 0 spiro atoms. The maximum atomic E-state index is 11.9. The van der Waals surface area contributed by atoms with Gasteiger partial charge >= 0.3 is 0 Å². The summed E-state index contributed by atoms with van der Waals surface area (Å²) in [4.78, 5) is 11.9. The molecule has 110 valence electrons. The summed E-state index contributed by atoms with van der Waals surface area (Å²) in [5, 5.41) is 6.12. The Kier molecular flexibility index (Phi) is 5.31. The molecular weight excluding hydrogens is 272 g/mol. The summed E-state index contributed by atoms with van der Waals surface area (Å²) in [6, 6.07) is 7.43. The van der Waals surface area contributed by atoms with E-state index in [0.717, 1.165) is 6.54 Å². The first-order valence-corrected chi connectivity index (χ1v) is 7.89. The Morgan fingerprint density at radius 3 is 2.95 bits per heavy atom. The minimum absolute atomic E-state index is 0.0407. The van der Waals surface area contributed by atoms with Crippen LogP contribution in [0.15, 0.2) is 24.3 Å². The minimum Gasteiger partial charge on any atom is -0.495 e. The summed E-state index contributed by atoms with van der Waals surface area (Å²) >= 11 is 1.99. The third kappa shape index (κ3) is 4.15. The molecule has 0 radical (unpaired) electrons. The van der Waals surface area contributed by atoms with Gasteiger partial charge in [0.1, 0.15) is 5.75 Å². The van der Waals surface area contributed by atoms with Gasteiger partial charge in [-0.15, -0.1) is 0 Å². The van der Waals surface area contributed by atoms with Crippen molar-refractivity contribution in [1.29, 1.82) is 0 Å². The predicted octanol–water partition coefficient (Wildman–Crippen LogP) is 2.51. The molecule has 0 aliphatic carbocycles. The molecule has 4 nitrogen and oxygen atoms in total. The molecule has 1 aromatic carbocycles. The maximum Gasteiger partial charge on any atom is 0.238 e. The summed E-state index contributed by atoms with van der Waals surface area (Å²) in [7, 11) is 1.60. The number of methoxy groups -OCH3 is 1. The fraction of sp³-hybridized carbons (Fsp3) is 0.533. The Bertz CT molecular complexity index is 459. The monoisotopic (exact) mass is 294 g/mol. The van der Waals surface area contributed by atoms with Gasteiger partial charge in [0.05, 0.1) is 19.3 Å². The van der Waals surface area contributed by atoms with Crippen LogP contribution in [0.25, 0.3) is 0 Å². The van der Waals surface area contributed by atoms with Gasteiger partial charge in [-0.1, -0.05) is 12.1 Å². The van der Waals surface area contributed by atoms with E-state index in [4.69, 9.17) is 4.74 Å². The molecule has 1 unspecified atom stereocenters. The van der Waals surface area contributed by atoms with Crippen molar-refractivity contribution in [3.8, 4) is 5.75 Å². The Morgan fingerprint density at radius 2 is 2.25 bits per heavy atom. The lowest BCUT2D eigenvalue weighted by Crippen LogP contribution is -2.37. The predicted molar refractivity (Wildman–Crippen MR) is 84.6 cm³/mol. The number of rotatable bonds is 6. The number of anilines is 1. The Balaban J connectivity index is 1.78. The topological polar surface area (TPSA) is 50.4 Å². The second-order valence-corrected chi connectivity index (χ2v) is 6.94. The van der Waals surface area contributed by atoms with Crippen molar-refractivity contribution in [3.63, 3.8) is 0 Å². The molecule has 1 aromatic rings. The average Bonchev–Trinajstić information content (AvgIpc) is 2.86. The Labute approximate surface area is 124 Å². The van der Waals surface area contributed by atoms with Crippen molar-refractivity contribution in [2.45, 2.75) is 24.5 Å². The molecule has 1 aliphatic heterocycles. The summed E-state index contributed by atoms with van der Waals surface area (Å²) in [6.07, 6.45) is 2.50. The number of hydrogen-bond donors (Lipinski definition) is 2. The number of nitrogens with one attached hydrogen (secondary N) is 2. The van der Waals surface area contributed by atoms with Gasteiger partial charge in [0.25, 0.3) is 0 Å². The summed E-state index contributed by atoms with van der Waals surface area (Å²) in [5.74, 6) is 1.87. The normalized spacial score (nSPS) is 21.7. The Morgan fingerprint density at radius 1 is 1.45 bits per heavy atom. The minimum atomic E-state index is -0.0407. The van der Waals surface area contributed by atoms with Gasteiger partial charge in [-0.3, -0.25) is 4.79 Å². The SMILES string of the molecule is COc1ccccc1NC(=O)CNCC1(C)CCCS1. The number of ether oxygens (including phenoxy) is 1. The highest BCUT2D eigenvalue weighted by Crippen LogP contribution is 2.36. The molecule has 0 aromatic heterocycles. The van der Waals surface area contributed by atoms with Gasteiger partial charge in [0.15, 0.2) is 0 Å². The van der Waals surface area contributed by atoms with Gasteiger partial charge in [-0.25, -0.2) is 0 Å². The van der Waals surface area contributed by atoms with Gasteiger partial charge in [0, 0.05) is 11.3 Å². The number of carbonyl (C=O) groups is 1. The molecule has 1 atom stereocenters. The highest BCUT2D eigenvalue weighted by atomic mass is 32.2. The molecular formula is C15H22N2O2S. The number of para-hydroxylation sites is 2. The molecule has 1 heterocycles. The average molecular weight is 294 g/mol. The Hall–Kier alpha value is -1.20. The molecule has 20 heavy (non-hydrogen) atoms. The standard InChI is InChI=1S/C15H22N2O2S/c1-15(8-5-9-20-15)11-16-10-14(18)17-12-6-3-4-7-13(12)19-2/h3-4,6-7,16H,5,8-11H2,1-2H3,(H,17,18). The van der Waals surface area contributed by atoms with E-state index < -0.39 is 0 Å². The van der Waals surface area contributed by atoms with E-state index in [0.29, 0.717) is 18.0 Å². The van der Waals surface area contributed by atoms with E-state index in [2.05, 4.69) is 17.6 Å². The number of hydrogen-bond acceptors (Lipinski definition) is 4. The van der Waals surface area contributed by atoms with E-state index in [9.17, 15) is 4.79 Å². The van der Waals surface area contributed by atoms with Crippen LogP contribution >= 0.6 is 11.8 Å². The second kappa shape index (κ2) is 6.99. The first-order chi connectivity index (χ1) is 9.63. The highest BCUT2D eigenvalue weighted by molar-refractivity contribution is 8.00. The van der Waals surface area contributed by atoms with Crippen molar-refractivity contribution >= 4 is 23.4 Å². The number of thioether (sulfide) groups is 1. The van der Waals surface area contributed by atoms with Gasteiger partial charge in [-0.05, 0) is 37.7 Å². The zero-order valence-corrected chi connectivity index (χ0v) is 12.9. The maximum absolute atomic E-state index is 11.9. The number of amides is 1. The number of benzene rings is 1. The van der Waals surface area contributed by atoms with Crippen LogP contribution in [0, 0.1) is 0 Å². The second-order valence-electron chi connectivity index (χ2n) is 5.25. The first kappa shape index (κ1) is 15.2. The van der Waals surface area contributed by atoms with Crippen LogP contribution in [0.5, 0.6) is 5.75 Å². The van der Waals surface area contributed by atoms with Crippen LogP contribution in [0.1, 0.15) is 19.8 Å². The van der Waals surface area contributed by atoms with Crippen molar-refractivity contribution in [1.82, 2.24) is 5.32 Å². The van der Waals surface area contributed by atoms with Crippen molar-refractivity contribution in [2.24, 2.45) is 0 Å². The first-order valence-electron chi connectivity index (χ1n) is 6.90. The van der Waals surface area contributed by atoms with Crippen LogP contribution in [-0.4, -0.2) is 36.6 Å². The van der Waals surface area contributed by atoms with E-state index in [1.54, 1.807) is 7.11 Å². The zero-order chi connectivity index (χ0) is 14.4. The molecule has 0 bridgehead atoms. The molecule has 1 saturated heterocycles. The van der Waals surface area contributed by atoms with E-state index >= 15 is 0 Å². The highest BCUT2D eigenvalue weighted by Gasteiger charge is 2.28. The fourth-order valence-electron chi connectivity index (χ4n) is 2.36. The summed E-state index contributed by atoms with van der Waals surface area (Å²) in [5.41, 5.74) is 0.711. The quantitative estimate of drug-likeness (QED) is 0.846. The van der Waals surface area contributed by atoms with Crippen LogP contribution in [0.3, 0.4) is 0 Å². The molecule has 1 aliphatic rings.